The molecule has 7 heteroatoms. The Hall–Kier alpha value is -1.05. The van der Waals surface area contributed by atoms with Crippen LogP contribution in [0.3, 0.4) is 0 Å². The maximum Gasteiger partial charge on any atom is 1.00 e. The molecular weight excluding hydrogens is 399 g/mol. The Kier molecular flexibility index (Phi) is 11.9. The van der Waals surface area contributed by atoms with Crippen molar-refractivity contribution in [2.75, 3.05) is 0 Å². The minimum absolute atomic E-state index is 0. The molecule has 0 radical (unpaired) electrons. The molecule has 0 spiro atoms. The van der Waals surface area contributed by atoms with E-state index in [-0.39, 0.29) is 40.2 Å². The summed E-state index contributed by atoms with van der Waals surface area (Å²) in [6.45, 7) is 2.21. The number of rotatable bonds is 12. The van der Waals surface area contributed by atoms with Crippen molar-refractivity contribution in [3.63, 3.8) is 0 Å². The molecule has 0 saturated heterocycles. The number of unbranched alkanes of at least 4 members (excludes halogenated alkanes) is 7. The second kappa shape index (κ2) is 13.3. The molecule has 0 aliphatic heterocycles. The van der Waals surface area contributed by atoms with Gasteiger partial charge in [-0.15, -0.1) is 5.75 Å². The van der Waals surface area contributed by atoms with Crippen molar-refractivity contribution in [1.29, 1.82) is 0 Å². The first-order valence-electron chi connectivity index (χ1n) is 9.95. The van der Waals surface area contributed by atoms with E-state index in [1.807, 2.05) is 0 Å². The molecule has 2 rings (SSSR count). The van der Waals surface area contributed by atoms with E-state index in [9.17, 15) is 18.1 Å². The van der Waals surface area contributed by atoms with Crippen LogP contribution in [0, 0.1) is 0 Å². The minimum atomic E-state index is -4.29. The quantitative estimate of drug-likeness (QED) is 0.319. The molecule has 0 heterocycles. The molecule has 0 saturated carbocycles. The van der Waals surface area contributed by atoms with Crippen LogP contribution >= 0.6 is 0 Å². The van der Waals surface area contributed by atoms with Crippen LogP contribution in [0.15, 0.2) is 47.4 Å². The van der Waals surface area contributed by atoms with Gasteiger partial charge in [0.1, 0.15) is 11.5 Å². The second-order valence-corrected chi connectivity index (χ2v) is 8.47. The molecule has 29 heavy (non-hydrogen) atoms. The smallest absolute Gasteiger partial charge is 0.872 e. The van der Waals surface area contributed by atoms with Crippen molar-refractivity contribution < 1.29 is 52.4 Å². The van der Waals surface area contributed by atoms with Crippen LogP contribution in [0.25, 0.3) is 0 Å². The maximum atomic E-state index is 11.7. The van der Waals surface area contributed by atoms with Gasteiger partial charge in [-0.05, 0) is 36.6 Å². The molecule has 0 bridgehead atoms. The molecule has 5 nitrogen and oxygen atoms in total. The van der Waals surface area contributed by atoms with E-state index in [4.69, 9.17) is 4.74 Å². The Labute approximate surface area is 196 Å². The molecule has 0 aliphatic rings. The summed E-state index contributed by atoms with van der Waals surface area (Å²) >= 11 is 0. The number of ether oxygens (including phenoxy) is 1. The average Bonchev–Trinajstić information content (AvgIpc) is 2.65. The van der Waals surface area contributed by atoms with Gasteiger partial charge < -0.3 is 9.84 Å². The van der Waals surface area contributed by atoms with Crippen LogP contribution in [0.4, 0.5) is 0 Å². The van der Waals surface area contributed by atoms with Crippen molar-refractivity contribution in [1.82, 2.24) is 0 Å². The number of aryl methyl sites for hydroxylation is 1. The molecule has 0 amide bonds. The van der Waals surface area contributed by atoms with Crippen LogP contribution in [0.2, 0.25) is 0 Å². The van der Waals surface area contributed by atoms with E-state index < -0.39 is 10.1 Å². The van der Waals surface area contributed by atoms with Crippen LogP contribution in [0.1, 0.15) is 63.9 Å². The zero-order valence-electron chi connectivity index (χ0n) is 17.4. The number of benzene rings is 2. The van der Waals surface area contributed by atoms with Gasteiger partial charge in [0.05, 0.1) is 4.90 Å². The van der Waals surface area contributed by atoms with Crippen LogP contribution < -0.4 is 39.4 Å². The van der Waals surface area contributed by atoms with Gasteiger partial charge in [0.15, 0.2) is 0 Å². The summed E-state index contributed by atoms with van der Waals surface area (Å²) in [4.78, 5) is -0.227. The predicted octanol–water partition coefficient (Wildman–Crippen LogP) is 2.49. The van der Waals surface area contributed by atoms with Crippen molar-refractivity contribution in [3.05, 3.63) is 48.0 Å². The summed E-state index contributed by atoms with van der Waals surface area (Å²) < 4.78 is 37.6. The van der Waals surface area contributed by atoms with Crippen LogP contribution in [-0.2, 0) is 16.5 Å². The van der Waals surface area contributed by atoms with Gasteiger partial charge in [-0.1, -0.05) is 70.1 Å². The van der Waals surface area contributed by atoms with Crippen molar-refractivity contribution in [2.45, 2.75) is 69.6 Å². The first-order chi connectivity index (χ1) is 13.4. The standard InChI is InChI=1S/C22H30O5S.Na/c1-2-3-4-5-6-7-8-9-11-18-16-19(23)14-15-22(18)27-20-12-10-13-21(17-20)28(24,25)26;/h10,12-17,23H,2-9,11H2,1H3,(H,24,25,26);/q;+1/p-1. The molecule has 1 N–H and O–H groups in total. The first kappa shape index (κ1) is 26.0. The van der Waals surface area contributed by atoms with Gasteiger partial charge in [-0.2, -0.15) is 8.42 Å². The molecule has 2 aromatic rings. The van der Waals surface area contributed by atoms with Crippen molar-refractivity contribution >= 4 is 10.1 Å². The summed E-state index contributed by atoms with van der Waals surface area (Å²) in [5.41, 5.74) is 0.816. The first-order valence-corrected chi connectivity index (χ1v) is 11.4. The monoisotopic (exact) mass is 428 g/mol. The largest absolute Gasteiger partial charge is 1.00 e. The van der Waals surface area contributed by atoms with Gasteiger partial charge in [0, 0.05) is 6.07 Å². The molecule has 2 aromatic carbocycles. The Morgan fingerprint density at radius 1 is 0.931 bits per heavy atom. The Balaban J connectivity index is 0.00000420. The van der Waals surface area contributed by atoms with E-state index in [1.54, 1.807) is 18.2 Å². The SMILES string of the molecule is CCCCCCCCCCc1cc([O-])ccc1Oc1cccc(S(=O)(=O)O)c1.[Na+]. The fraction of sp³-hybridized carbons (Fsp3) is 0.455. The van der Waals surface area contributed by atoms with Gasteiger partial charge in [0.2, 0.25) is 0 Å². The van der Waals surface area contributed by atoms with E-state index >= 15 is 0 Å². The summed E-state index contributed by atoms with van der Waals surface area (Å²) in [6.07, 6.45) is 10.4. The van der Waals surface area contributed by atoms with E-state index in [1.165, 1.54) is 62.8 Å². The molecule has 0 unspecified atom stereocenters. The predicted molar refractivity (Wildman–Crippen MR) is 109 cm³/mol. The fourth-order valence-electron chi connectivity index (χ4n) is 3.13. The van der Waals surface area contributed by atoms with Crippen LogP contribution in [-0.4, -0.2) is 13.0 Å². The Bertz CT molecular complexity index is 852. The second-order valence-electron chi connectivity index (χ2n) is 7.05. The normalized spacial score (nSPS) is 11.1. The third-order valence-electron chi connectivity index (χ3n) is 4.66. The summed E-state index contributed by atoms with van der Waals surface area (Å²) in [5, 5.41) is 11.7. The van der Waals surface area contributed by atoms with Crippen molar-refractivity contribution in [3.8, 4) is 17.2 Å². The molecular formula is C22H29NaO5S. The van der Waals surface area contributed by atoms with Gasteiger partial charge >= 0.3 is 29.6 Å². The van der Waals surface area contributed by atoms with E-state index in [2.05, 4.69) is 6.92 Å². The van der Waals surface area contributed by atoms with E-state index in [0.29, 0.717) is 11.5 Å². The van der Waals surface area contributed by atoms with Gasteiger partial charge in [-0.3, -0.25) is 4.55 Å². The van der Waals surface area contributed by atoms with Crippen LogP contribution in [0.5, 0.6) is 17.2 Å². The van der Waals surface area contributed by atoms with E-state index in [0.717, 1.165) is 24.8 Å². The number of hydrogen-bond acceptors (Lipinski definition) is 4. The zero-order valence-corrected chi connectivity index (χ0v) is 20.2. The Morgan fingerprint density at radius 3 is 2.24 bits per heavy atom. The summed E-state index contributed by atoms with van der Waals surface area (Å²) in [6, 6.07) is 10.3. The topological polar surface area (TPSA) is 86.7 Å². The molecule has 154 valence electrons. The minimum Gasteiger partial charge on any atom is -0.872 e. The fourth-order valence-corrected chi connectivity index (χ4v) is 3.64. The summed E-state index contributed by atoms with van der Waals surface area (Å²) in [5.74, 6) is 0.759. The third-order valence-corrected chi connectivity index (χ3v) is 5.51. The Morgan fingerprint density at radius 2 is 1.59 bits per heavy atom. The molecule has 0 aliphatic carbocycles. The maximum absolute atomic E-state index is 11.7. The van der Waals surface area contributed by atoms with Crippen molar-refractivity contribution in [2.24, 2.45) is 0 Å². The zero-order chi connectivity index (χ0) is 20.4. The van der Waals surface area contributed by atoms with Gasteiger partial charge in [-0.25, -0.2) is 0 Å². The molecule has 0 fully saturated rings. The van der Waals surface area contributed by atoms with Gasteiger partial charge in [0.25, 0.3) is 10.1 Å². The molecule has 0 atom stereocenters. The average molecular weight is 429 g/mol. The number of hydrogen-bond donors (Lipinski definition) is 1. The summed E-state index contributed by atoms with van der Waals surface area (Å²) in [7, 11) is -4.29. The third kappa shape index (κ3) is 9.53. The molecule has 0 aromatic heterocycles.